The van der Waals surface area contributed by atoms with E-state index in [4.69, 9.17) is 0 Å². The van der Waals surface area contributed by atoms with Crippen LogP contribution in [0.25, 0.3) is 0 Å². The Labute approximate surface area is 83.5 Å². The van der Waals surface area contributed by atoms with E-state index in [2.05, 4.69) is 11.3 Å². The quantitative estimate of drug-likeness (QED) is 0.379. The third-order valence-corrected chi connectivity index (χ3v) is 2.02. The number of carbonyl (C=O) groups is 2. The molecule has 1 aliphatic rings. The number of carbonyl (C=O) groups excluding carboxylic acids is 2. The number of rotatable bonds is 4. The highest BCUT2D eigenvalue weighted by molar-refractivity contribution is 6.32. The number of nitrogens with zero attached hydrogens (tertiary/aromatic N) is 1. The summed E-state index contributed by atoms with van der Waals surface area (Å²) in [5.41, 5.74) is 0. The molecule has 0 saturated heterocycles. The Morgan fingerprint density at radius 3 is 2.64 bits per heavy atom. The molecule has 0 atom stereocenters. The van der Waals surface area contributed by atoms with Gasteiger partial charge >= 0.3 is 11.9 Å². The number of hydrogen-bond acceptors (Lipinski definition) is 3. The Morgan fingerprint density at radius 2 is 2.21 bits per heavy atom. The highest BCUT2D eigenvalue weighted by Crippen LogP contribution is 2.26. The first-order chi connectivity index (χ1) is 6.70. The number of amides is 1. The summed E-state index contributed by atoms with van der Waals surface area (Å²) in [6.07, 6.45) is 3.56. The normalized spacial score (nSPS) is 14.6. The fourth-order valence-corrected chi connectivity index (χ4v) is 1.23. The van der Waals surface area contributed by atoms with Gasteiger partial charge in [0.1, 0.15) is 0 Å². The van der Waals surface area contributed by atoms with Crippen LogP contribution in [-0.4, -0.2) is 36.0 Å². The van der Waals surface area contributed by atoms with Gasteiger partial charge < -0.3 is 9.64 Å². The molecule has 1 aliphatic carbocycles. The lowest BCUT2D eigenvalue weighted by atomic mass is 10.4. The Kier molecular flexibility index (Phi) is 3.68. The second-order valence-electron chi connectivity index (χ2n) is 3.20. The van der Waals surface area contributed by atoms with Gasteiger partial charge in [0.15, 0.2) is 0 Å². The molecule has 78 valence electrons. The molecular weight excluding hydrogens is 182 g/mol. The van der Waals surface area contributed by atoms with E-state index in [9.17, 15) is 9.59 Å². The third-order valence-electron chi connectivity index (χ3n) is 2.02. The molecule has 4 nitrogen and oxygen atoms in total. The van der Waals surface area contributed by atoms with Gasteiger partial charge in [-0.05, 0) is 19.8 Å². The van der Waals surface area contributed by atoms with Crippen molar-refractivity contribution < 1.29 is 14.3 Å². The summed E-state index contributed by atoms with van der Waals surface area (Å²) in [5, 5.41) is 0. The van der Waals surface area contributed by atoms with Gasteiger partial charge in [-0.1, -0.05) is 6.08 Å². The van der Waals surface area contributed by atoms with Crippen molar-refractivity contribution >= 4 is 11.9 Å². The molecule has 0 aromatic rings. The summed E-state index contributed by atoms with van der Waals surface area (Å²) >= 11 is 0. The largest absolute Gasteiger partial charge is 0.459 e. The van der Waals surface area contributed by atoms with Gasteiger partial charge in [0.2, 0.25) is 0 Å². The van der Waals surface area contributed by atoms with Crippen LogP contribution in [0.15, 0.2) is 12.7 Å². The maximum Gasteiger partial charge on any atom is 0.397 e. The minimum absolute atomic E-state index is 0.213. The summed E-state index contributed by atoms with van der Waals surface area (Å²) in [4.78, 5) is 24.2. The van der Waals surface area contributed by atoms with Gasteiger partial charge in [-0.25, -0.2) is 4.79 Å². The average molecular weight is 197 g/mol. The SMILES string of the molecule is C=CCN(C(=O)C(=O)OCC)C1CC1. The van der Waals surface area contributed by atoms with Crippen LogP contribution >= 0.6 is 0 Å². The molecular formula is C10H15NO3. The predicted molar refractivity (Wildman–Crippen MR) is 51.6 cm³/mol. The van der Waals surface area contributed by atoms with Crippen LogP contribution in [-0.2, 0) is 14.3 Å². The molecule has 1 rings (SSSR count). The molecule has 1 amide bonds. The number of esters is 1. The van der Waals surface area contributed by atoms with E-state index in [0.29, 0.717) is 6.54 Å². The zero-order chi connectivity index (χ0) is 10.6. The molecule has 4 heteroatoms. The van der Waals surface area contributed by atoms with Crippen molar-refractivity contribution in [3.05, 3.63) is 12.7 Å². The fraction of sp³-hybridized carbons (Fsp3) is 0.600. The van der Waals surface area contributed by atoms with E-state index >= 15 is 0 Å². The summed E-state index contributed by atoms with van der Waals surface area (Å²) < 4.78 is 4.64. The lowest BCUT2D eigenvalue weighted by Crippen LogP contribution is -2.39. The van der Waals surface area contributed by atoms with Crippen LogP contribution in [0.2, 0.25) is 0 Å². The van der Waals surface area contributed by atoms with Crippen molar-refractivity contribution in [2.75, 3.05) is 13.2 Å². The molecule has 0 radical (unpaired) electrons. The molecule has 0 aromatic carbocycles. The van der Waals surface area contributed by atoms with Crippen molar-refractivity contribution in [3.63, 3.8) is 0 Å². The van der Waals surface area contributed by atoms with Gasteiger partial charge in [0.05, 0.1) is 6.61 Å². The second kappa shape index (κ2) is 4.79. The highest BCUT2D eigenvalue weighted by atomic mass is 16.5. The van der Waals surface area contributed by atoms with Crippen LogP contribution in [0, 0.1) is 0 Å². The lowest BCUT2D eigenvalue weighted by molar-refractivity contribution is -0.159. The van der Waals surface area contributed by atoms with Crippen LogP contribution in [0.3, 0.4) is 0 Å². The van der Waals surface area contributed by atoms with Gasteiger partial charge in [-0.2, -0.15) is 0 Å². The van der Waals surface area contributed by atoms with Crippen LogP contribution < -0.4 is 0 Å². The maximum atomic E-state index is 11.5. The Hall–Kier alpha value is -1.32. The molecule has 0 heterocycles. The molecule has 0 N–H and O–H groups in total. The number of hydrogen-bond donors (Lipinski definition) is 0. The molecule has 14 heavy (non-hydrogen) atoms. The van der Waals surface area contributed by atoms with Gasteiger partial charge in [-0.15, -0.1) is 6.58 Å². The van der Waals surface area contributed by atoms with Crippen molar-refractivity contribution in [1.29, 1.82) is 0 Å². The first-order valence-corrected chi connectivity index (χ1v) is 4.79. The minimum Gasteiger partial charge on any atom is -0.459 e. The zero-order valence-corrected chi connectivity index (χ0v) is 8.36. The van der Waals surface area contributed by atoms with E-state index in [1.165, 1.54) is 4.90 Å². The van der Waals surface area contributed by atoms with E-state index in [-0.39, 0.29) is 12.6 Å². The van der Waals surface area contributed by atoms with Gasteiger partial charge in [0.25, 0.3) is 0 Å². The van der Waals surface area contributed by atoms with Crippen molar-refractivity contribution in [3.8, 4) is 0 Å². The monoisotopic (exact) mass is 197 g/mol. The lowest BCUT2D eigenvalue weighted by Gasteiger charge is -2.18. The van der Waals surface area contributed by atoms with Gasteiger partial charge in [-0.3, -0.25) is 4.79 Å². The molecule has 0 aliphatic heterocycles. The standard InChI is InChI=1S/C10H15NO3/c1-3-7-11(8-5-6-8)9(12)10(13)14-4-2/h3,8H,1,4-7H2,2H3. The maximum absolute atomic E-state index is 11.5. The van der Waals surface area contributed by atoms with E-state index < -0.39 is 11.9 Å². The Balaban J connectivity index is 2.53. The smallest absolute Gasteiger partial charge is 0.397 e. The van der Waals surface area contributed by atoms with Crippen LogP contribution in [0.5, 0.6) is 0 Å². The van der Waals surface area contributed by atoms with Gasteiger partial charge in [0, 0.05) is 12.6 Å². The molecule has 0 spiro atoms. The fourth-order valence-electron chi connectivity index (χ4n) is 1.23. The Bertz CT molecular complexity index is 246. The topological polar surface area (TPSA) is 46.6 Å². The van der Waals surface area contributed by atoms with Crippen molar-refractivity contribution in [2.24, 2.45) is 0 Å². The number of ether oxygens (including phenoxy) is 1. The molecule has 0 unspecified atom stereocenters. The molecule has 0 bridgehead atoms. The van der Waals surface area contributed by atoms with Crippen LogP contribution in [0.4, 0.5) is 0 Å². The van der Waals surface area contributed by atoms with Crippen molar-refractivity contribution in [2.45, 2.75) is 25.8 Å². The summed E-state index contributed by atoms with van der Waals surface area (Å²) in [7, 11) is 0. The summed E-state index contributed by atoms with van der Waals surface area (Å²) in [6, 6.07) is 0.213. The zero-order valence-electron chi connectivity index (χ0n) is 8.36. The first kappa shape index (κ1) is 10.8. The molecule has 1 saturated carbocycles. The third kappa shape index (κ3) is 2.58. The summed E-state index contributed by atoms with van der Waals surface area (Å²) in [6.45, 7) is 5.89. The molecule has 1 fully saturated rings. The second-order valence-corrected chi connectivity index (χ2v) is 3.20. The molecule has 0 aromatic heterocycles. The van der Waals surface area contributed by atoms with E-state index in [0.717, 1.165) is 12.8 Å². The highest BCUT2D eigenvalue weighted by Gasteiger charge is 2.35. The van der Waals surface area contributed by atoms with Crippen molar-refractivity contribution in [1.82, 2.24) is 4.90 Å². The van der Waals surface area contributed by atoms with Crippen LogP contribution in [0.1, 0.15) is 19.8 Å². The predicted octanol–water partition coefficient (Wildman–Crippen LogP) is 0.726. The Morgan fingerprint density at radius 1 is 1.57 bits per heavy atom. The minimum atomic E-state index is -0.763. The average Bonchev–Trinajstić information content (AvgIpc) is 2.97. The van der Waals surface area contributed by atoms with E-state index in [1.807, 2.05) is 0 Å². The first-order valence-electron chi connectivity index (χ1n) is 4.79. The van der Waals surface area contributed by atoms with E-state index in [1.54, 1.807) is 13.0 Å². The summed E-state index contributed by atoms with van der Waals surface area (Å²) in [5.74, 6) is -1.31.